The molecule has 1 saturated heterocycles. The van der Waals surface area contributed by atoms with Gasteiger partial charge < -0.3 is 10.6 Å². The summed E-state index contributed by atoms with van der Waals surface area (Å²) in [5.74, 6) is 4.24. The summed E-state index contributed by atoms with van der Waals surface area (Å²) in [6.45, 7) is 11.0. The molecule has 2 rings (SSSR count). The molecule has 0 aromatic heterocycles. The van der Waals surface area contributed by atoms with E-state index in [0.29, 0.717) is 11.5 Å². The van der Waals surface area contributed by atoms with Crippen molar-refractivity contribution in [1.82, 2.24) is 4.90 Å². The number of thioether (sulfide) groups is 1. The van der Waals surface area contributed by atoms with Crippen LogP contribution in [0.2, 0.25) is 0 Å². The summed E-state index contributed by atoms with van der Waals surface area (Å²) in [7, 11) is 0. The molecule has 1 heterocycles. The highest BCUT2D eigenvalue weighted by Crippen LogP contribution is 2.40. The van der Waals surface area contributed by atoms with Crippen molar-refractivity contribution >= 4 is 11.8 Å². The van der Waals surface area contributed by atoms with Crippen molar-refractivity contribution in [3.63, 3.8) is 0 Å². The zero-order chi connectivity index (χ0) is 13.9. The molecular weight excluding hydrogens is 252 g/mol. The zero-order valence-corrected chi connectivity index (χ0v) is 13.8. The van der Waals surface area contributed by atoms with Gasteiger partial charge in [-0.05, 0) is 55.2 Å². The maximum Gasteiger partial charge on any atom is 0.00795 e. The molecule has 0 amide bonds. The number of rotatable bonds is 2. The molecule has 2 nitrogen and oxygen atoms in total. The number of nitrogens with two attached hydrogens (primary N) is 1. The predicted octanol–water partition coefficient (Wildman–Crippen LogP) is 3.22. The van der Waals surface area contributed by atoms with Gasteiger partial charge in [0.2, 0.25) is 0 Å². The van der Waals surface area contributed by atoms with Gasteiger partial charge in [-0.25, -0.2) is 0 Å². The lowest BCUT2D eigenvalue weighted by atomic mass is 9.67. The lowest BCUT2D eigenvalue weighted by molar-refractivity contribution is 0.101. The fraction of sp³-hybridized carbons (Fsp3) is 1.00. The lowest BCUT2D eigenvalue weighted by Gasteiger charge is -2.42. The van der Waals surface area contributed by atoms with E-state index in [1.165, 1.54) is 56.8 Å². The summed E-state index contributed by atoms with van der Waals surface area (Å²) >= 11 is 2.11. The third-order valence-corrected chi connectivity index (χ3v) is 6.12. The quantitative estimate of drug-likeness (QED) is 0.844. The van der Waals surface area contributed by atoms with Crippen LogP contribution in [0, 0.1) is 17.3 Å². The van der Waals surface area contributed by atoms with E-state index in [-0.39, 0.29) is 0 Å². The van der Waals surface area contributed by atoms with Gasteiger partial charge in [0.05, 0.1) is 0 Å². The minimum Gasteiger partial charge on any atom is -0.327 e. The molecular formula is C16H32N2S. The van der Waals surface area contributed by atoms with E-state index in [1.54, 1.807) is 0 Å². The molecule has 1 aliphatic carbocycles. The lowest BCUT2D eigenvalue weighted by Crippen LogP contribution is -2.45. The van der Waals surface area contributed by atoms with E-state index in [9.17, 15) is 0 Å². The Bertz CT molecular complexity index is 266. The molecule has 0 spiro atoms. The minimum atomic E-state index is 0.439. The summed E-state index contributed by atoms with van der Waals surface area (Å²) in [6, 6.07) is 0.439. The second-order valence-electron chi connectivity index (χ2n) is 7.57. The molecule has 0 radical (unpaired) electrons. The molecule has 0 aromatic carbocycles. The number of nitrogens with zero attached hydrogens (tertiary/aromatic N) is 1. The largest absolute Gasteiger partial charge is 0.327 e. The number of hydrogen-bond donors (Lipinski definition) is 1. The molecule has 3 atom stereocenters. The maximum atomic E-state index is 6.41. The Morgan fingerprint density at radius 2 is 1.95 bits per heavy atom. The molecule has 0 bridgehead atoms. The highest BCUT2D eigenvalue weighted by molar-refractivity contribution is 7.99. The van der Waals surface area contributed by atoms with Crippen molar-refractivity contribution in [3.05, 3.63) is 0 Å². The van der Waals surface area contributed by atoms with Gasteiger partial charge in [-0.1, -0.05) is 20.8 Å². The van der Waals surface area contributed by atoms with Crippen molar-refractivity contribution in [2.45, 2.75) is 52.5 Å². The summed E-state index contributed by atoms with van der Waals surface area (Å²) in [5.41, 5.74) is 6.86. The molecule has 3 unspecified atom stereocenters. The Morgan fingerprint density at radius 3 is 2.68 bits per heavy atom. The van der Waals surface area contributed by atoms with Crippen LogP contribution >= 0.6 is 11.8 Å². The minimum absolute atomic E-state index is 0.439. The molecule has 0 aromatic rings. The zero-order valence-electron chi connectivity index (χ0n) is 13.0. The van der Waals surface area contributed by atoms with Crippen LogP contribution in [-0.4, -0.2) is 42.1 Å². The fourth-order valence-electron chi connectivity index (χ4n) is 3.60. The standard InChI is InChI=1S/C16H32N2S/c1-16(2,3)14-5-6-15(17)13(11-14)12-18-7-4-9-19-10-8-18/h13-15H,4-12,17H2,1-3H3. The van der Waals surface area contributed by atoms with E-state index < -0.39 is 0 Å². The van der Waals surface area contributed by atoms with Gasteiger partial charge in [0.25, 0.3) is 0 Å². The van der Waals surface area contributed by atoms with Crippen LogP contribution in [0.25, 0.3) is 0 Å². The van der Waals surface area contributed by atoms with Crippen LogP contribution in [0.1, 0.15) is 46.5 Å². The van der Waals surface area contributed by atoms with Crippen molar-refractivity contribution in [2.75, 3.05) is 31.1 Å². The van der Waals surface area contributed by atoms with Crippen LogP contribution < -0.4 is 5.73 Å². The van der Waals surface area contributed by atoms with E-state index in [2.05, 4.69) is 37.4 Å². The molecule has 112 valence electrons. The molecule has 1 saturated carbocycles. The highest BCUT2D eigenvalue weighted by Gasteiger charge is 2.35. The molecule has 1 aliphatic heterocycles. The molecule has 19 heavy (non-hydrogen) atoms. The summed E-state index contributed by atoms with van der Waals surface area (Å²) in [5, 5.41) is 0. The van der Waals surface area contributed by atoms with Crippen molar-refractivity contribution in [1.29, 1.82) is 0 Å². The molecule has 2 N–H and O–H groups in total. The second kappa shape index (κ2) is 6.82. The van der Waals surface area contributed by atoms with Crippen LogP contribution in [0.3, 0.4) is 0 Å². The van der Waals surface area contributed by atoms with Gasteiger partial charge in [-0.3, -0.25) is 0 Å². The molecule has 2 fully saturated rings. The SMILES string of the molecule is CC(C)(C)C1CCC(N)C(CN2CCCSCC2)C1. The van der Waals surface area contributed by atoms with Gasteiger partial charge in [0, 0.05) is 24.9 Å². The topological polar surface area (TPSA) is 29.3 Å². The Morgan fingerprint density at radius 1 is 1.16 bits per heavy atom. The number of hydrogen-bond acceptors (Lipinski definition) is 3. The van der Waals surface area contributed by atoms with Crippen molar-refractivity contribution in [2.24, 2.45) is 23.0 Å². The van der Waals surface area contributed by atoms with Crippen LogP contribution in [0.5, 0.6) is 0 Å². The normalized spacial score (nSPS) is 35.1. The van der Waals surface area contributed by atoms with Gasteiger partial charge >= 0.3 is 0 Å². The fourth-order valence-corrected chi connectivity index (χ4v) is 4.52. The summed E-state index contributed by atoms with van der Waals surface area (Å²) in [6.07, 6.45) is 5.26. The van der Waals surface area contributed by atoms with E-state index in [1.807, 2.05) is 0 Å². The van der Waals surface area contributed by atoms with E-state index >= 15 is 0 Å². The van der Waals surface area contributed by atoms with Gasteiger partial charge in [0.1, 0.15) is 0 Å². The predicted molar refractivity (Wildman–Crippen MR) is 86.6 cm³/mol. The Kier molecular flexibility index (Phi) is 5.62. The van der Waals surface area contributed by atoms with Crippen LogP contribution in [0.15, 0.2) is 0 Å². The first kappa shape index (κ1) is 15.7. The Labute approximate surface area is 123 Å². The maximum absolute atomic E-state index is 6.41. The van der Waals surface area contributed by atoms with E-state index in [4.69, 9.17) is 5.73 Å². The van der Waals surface area contributed by atoms with Crippen molar-refractivity contribution in [3.8, 4) is 0 Å². The highest BCUT2D eigenvalue weighted by atomic mass is 32.2. The second-order valence-corrected chi connectivity index (χ2v) is 8.79. The first-order chi connectivity index (χ1) is 8.97. The smallest absolute Gasteiger partial charge is 0.00795 e. The molecule has 2 aliphatic rings. The summed E-state index contributed by atoms with van der Waals surface area (Å²) in [4.78, 5) is 2.68. The first-order valence-electron chi connectivity index (χ1n) is 8.02. The van der Waals surface area contributed by atoms with Crippen molar-refractivity contribution < 1.29 is 0 Å². The Balaban J connectivity index is 1.89. The third-order valence-electron chi connectivity index (χ3n) is 5.07. The molecule has 3 heteroatoms. The van der Waals surface area contributed by atoms with E-state index in [0.717, 1.165) is 11.8 Å². The van der Waals surface area contributed by atoms with Gasteiger partial charge in [-0.2, -0.15) is 11.8 Å². The average Bonchev–Trinajstić information content (AvgIpc) is 2.59. The van der Waals surface area contributed by atoms with Crippen LogP contribution in [0.4, 0.5) is 0 Å². The van der Waals surface area contributed by atoms with Crippen LogP contribution in [-0.2, 0) is 0 Å². The monoisotopic (exact) mass is 284 g/mol. The van der Waals surface area contributed by atoms with Gasteiger partial charge in [-0.15, -0.1) is 0 Å². The van der Waals surface area contributed by atoms with Gasteiger partial charge in [0.15, 0.2) is 0 Å². The average molecular weight is 285 g/mol. The third kappa shape index (κ3) is 4.64. The Hall–Kier alpha value is 0.270. The first-order valence-corrected chi connectivity index (χ1v) is 9.18. The summed E-state index contributed by atoms with van der Waals surface area (Å²) < 4.78 is 0.